The van der Waals surface area contributed by atoms with Crippen LogP contribution in [-0.4, -0.2) is 17.7 Å². The van der Waals surface area contributed by atoms with Crippen LogP contribution >= 0.6 is 12.6 Å². The minimum absolute atomic E-state index is 0.0147. The molecule has 1 unspecified atom stereocenters. The van der Waals surface area contributed by atoms with Gasteiger partial charge in [0.05, 0.1) is 5.25 Å². The van der Waals surface area contributed by atoms with Crippen molar-refractivity contribution in [3.63, 3.8) is 0 Å². The Morgan fingerprint density at radius 2 is 1.94 bits per heavy atom. The number of thiol groups is 1. The summed E-state index contributed by atoms with van der Waals surface area (Å²) < 4.78 is 0. The third-order valence-corrected chi connectivity index (χ3v) is 2.68. The van der Waals surface area contributed by atoms with Crippen molar-refractivity contribution in [2.24, 2.45) is 5.92 Å². The number of benzene rings is 1. The first-order valence-electron chi connectivity index (χ1n) is 5.59. The molecule has 0 aliphatic carbocycles. The first-order valence-corrected chi connectivity index (χ1v) is 6.11. The van der Waals surface area contributed by atoms with Crippen molar-refractivity contribution in [3.8, 4) is 0 Å². The van der Waals surface area contributed by atoms with Gasteiger partial charge in [0, 0.05) is 6.54 Å². The molecule has 0 radical (unpaired) electrons. The number of hydrogen-bond acceptors (Lipinski definition) is 2. The first kappa shape index (κ1) is 13.1. The maximum atomic E-state index is 11.7. The average molecular weight is 237 g/mol. The third kappa shape index (κ3) is 4.71. The fourth-order valence-electron chi connectivity index (χ4n) is 1.35. The summed E-state index contributed by atoms with van der Waals surface area (Å²) in [5.74, 6) is 0.488. The van der Waals surface area contributed by atoms with Crippen LogP contribution in [0, 0.1) is 5.92 Å². The maximum absolute atomic E-state index is 11.7. The number of carbonyl (C=O) groups is 1. The van der Waals surface area contributed by atoms with E-state index in [2.05, 4.69) is 31.8 Å². The highest BCUT2D eigenvalue weighted by Crippen LogP contribution is 2.07. The first-order chi connectivity index (χ1) is 7.59. The van der Waals surface area contributed by atoms with Crippen LogP contribution in [0.25, 0.3) is 0 Å². The summed E-state index contributed by atoms with van der Waals surface area (Å²) in [6, 6.07) is 9.94. The van der Waals surface area contributed by atoms with E-state index in [0.717, 1.165) is 5.56 Å². The molecule has 0 spiro atoms. The number of amides is 1. The van der Waals surface area contributed by atoms with E-state index in [1.54, 1.807) is 0 Å². The monoisotopic (exact) mass is 237 g/mol. The van der Waals surface area contributed by atoms with E-state index in [9.17, 15) is 4.79 Å². The molecule has 1 N–H and O–H groups in total. The van der Waals surface area contributed by atoms with E-state index in [0.29, 0.717) is 18.9 Å². The topological polar surface area (TPSA) is 29.1 Å². The Morgan fingerprint density at radius 3 is 2.50 bits per heavy atom. The summed E-state index contributed by atoms with van der Waals surface area (Å²) in [5, 5.41) is 2.62. The van der Waals surface area contributed by atoms with Crippen LogP contribution in [0.4, 0.5) is 0 Å². The molecule has 0 aliphatic heterocycles. The molecule has 1 aromatic rings. The average Bonchev–Trinajstić information content (AvgIpc) is 2.27. The van der Waals surface area contributed by atoms with E-state index in [1.165, 1.54) is 0 Å². The molecule has 0 aromatic heterocycles. The molecule has 2 nitrogen and oxygen atoms in total. The normalized spacial score (nSPS) is 12.5. The Labute approximate surface area is 103 Å². The Morgan fingerprint density at radius 1 is 1.31 bits per heavy atom. The lowest BCUT2D eigenvalue weighted by Crippen LogP contribution is -2.35. The molecule has 16 heavy (non-hydrogen) atoms. The Hall–Kier alpha value is -0.960. The zero-order valence-corrected chi connectivity index (χ0v) is 10.7. The van der Waals surface area contributed by atoms with Crippen molar-refractivity contribution in [1.29, 1.82) is 0 Å². The van der Waals surface area contributed by atoms with Crippen LogP contribution in [0.1, 0.15) is 19.4 Å². The van der Waals surface area contributed by atoms with Crippen molar-refractivity contribution in [1.82, 2.24) is 5.32 Å². The van der Waals surface area contributed by atoms with Crippen molar-refractivity contribution < 1.29 is 4.79 Å². The predicted molar refractivity (Wildman–Crippen MR) is 70.8 cm³/mol. The SMILES string of the molecule is CC(C)CNC(=O)C(S)Cc1ccccc1. The molecule has 1 aromatic carbocycles. The molecule has 0 saturated heterocycles. The van der Waals surface area contributed by atoms with Gasteiger partial charge in [0.2, 0.25) is 5.91 Å². The summed E-state index contributed by atoms with van der Waals surface area (Å²) in [4.78, 5) is 11.7. The fraction of sp³-hybridized carbons (Fsp3) is 0.462. The van der Waals surface area contributed by atoms with E-state index in [4.69, 9.17) is 0 Å². The second-order valence-electron chi connectivity index (χ2n) is 4.34. The highest BCUT2D eigenvalue weighted by atomic mass is 32.1. The molecule has 1 rings (SSSR count). The third-order valence-electron chi connectivity index (χ3n) is 2.26. The standard InChI is InChI=1S/C13H19NOS/c1-10(2)9-14-13(15)12(16)8-11-6-4-3-5-7-11/h3-7,10,12,16H,8-9H2,1-2H3,(H,14,15). The van der Waals surface area contributed by atoms with Crippen LogP contribution < -0.4 is 5.32 Å². The van der Waals surface area contributed by atoms with Gasteiger partial charge in [0.25, 0.3) is 0 Å². The van der Waals surface area contributed by atoms with Crippen LogP contribution in [0.5, 0.6) is 0 Å². The predicted octanol–water partition coefficient (Wildman–Crippen LogP) is 2.30. The van der Waals surface area contributed by atoms with Gasteiger partial charge in [-0.2, -0.15) is 12.6 Å². The summed E-state index contributed by atoms with van der Waals surface area (Å²) in [7, 11) is 0. The van der Waals surface area contributed by atoms with Gasteiger partial charge in [0.15, 0.2) is 0 Å². The summed E-state index contributed by atoms with van der Waals surface area (Å²) in [6.07, 6.45) is 0.674. The summed E-state index contributed by atoms with van der Waals surface area (Å²) in [6.45, 7) is 4.86. The van der Waals surface area contributed by atoms with Gasteiger partial charge in [-0.15, -0.1) is 0 Å². The van der Waals surface area contributed by atoms with Crippen LogP contribution in [0.2, 0.25) is 0 Å². The van der Waals surface area contributed by atoms with Gasteiger partial charge in [-0.25, -0.2) is 0 Å². The molecule has 0 fully saturated rings. The van der Waals surface area contributed by atoms with Gasteiger partial charge in [-0.05, 0) is 17.9 Å². The minimum Gasteiger partial charge on any atom is -0.355 e. The highest BCUT2D eigenvalue weighted by Gasteiger charge is 2.13. The largest absolute Gasteiger partial charge is 0.355 e. The summed E-state index contributed by atoms with van der Waals surface area (Å²) >= 11 is 4.33. The van der Waals surface area contributed by atoms with Crippen LogP contribution in [0.15, 0.2) is 30.3 Å². The lowest BCUT2D eigenvalue weighted by molar-refractivity contribution is -0.120. The number of nitrogens with one attached hydrogen (secondary N) is 1. The molecule has 1 amide bonds. The molecular formula is C13H19NOS. The van der Waals surface area contributed by atoms with Crippen LogP contribution in [0.3, 0.4) is 0 Å². The molecular weight excluding hydrogens is 218 g/mol. The Balaban J connectivity index is 2.40. The van der Waals surface area contributed by atoms with E-state index in [-0.39, 0.29) is 11.2 Å². The quantitative estimate of drug-likeness (QED) is 0.756. The van der Waals surface area contributed by atoms with Gasteiger partial charge >= 0.3 is 0 Å². The minimum atomic E-state index is -0.263. The molecule has 0 saturated carbocycles. The van der Waals surface area contributed by atoms with Crippen molar-refractivity contribution >= 4 is 18.5 Å². The number of hydrogen-bond donors (Lipinski definition) is 2. The van der Waals surface area contributed by atoms with E-state index in [1.807, 2.05) is 30.3 Å². The van der Waals surface area contributed by atoms with Crippen LogP contribution in [-0.2, 0) is 11.2 Å². The maximum Gasteiger partial charge on any atom is 0.233 e. The Kier molecular flexibility index (Phi) is 5.39. The van der Waals surface area contributed by atoms with Gasteiger partial charge in [-0.3, -0.25) is 4.79 Å². The van der Waals surface area contributed by atoms with Crippen molar-refractivity contribution in [2.45, 2.75) is 25.5 Å². The van der Waals surface area contributed by atoms with Gasteiger partial charge in [0.1, 0.15) is 0 Å². The van der Waals surface area contributed by atoms with Gasteiger partial charge in [-0.1, -0.05) is 44.2 Å². The lowest BCUT2D eigenvalue weighted by Gasteiger charge is -2.12. The molecule has 0 heterocycles. The fourth-order valence-corrected chi connectivity index (χ4v) is 1.65. The molecule has 0 bridgehead atoms. The molecule has 88 valence electrons. The lowest BCUT2D eigenvalue weighted by atomic mass is 10.1. The molecule has 0 aliphatic rings. The second-order valence-corrected chi connectivity index (χ2v) is 4.97. The molecule has 3 heteroatoms. The Bertz CT molecular complexity index is 324. The second kappa shape index (κ2) is 6.59. The zero-order chi connectivity index (χ0) is 12.0. The zero-order valence-electron chi connectivity index (χ0n) is 9.81. The summed E-state index contributed by atoms with van der Waals surface area (Å²) in [5.41, 5.74) is 1.14. The smallest absolute Gasteiger partial charge is 0.233 e. The van der Waals surface area contributed by atoms with Crippen molar-refractivity contribution in [3.05, 3.63) is 35.9 Å². The van der Waals surface area contributed by atoms with Crippen molar-refractivity contribution in [2.75, 3.05) is 6.54 Å². The highest BCUT2D eigenvalue weighted by molar-refractivity contribution is 7.81. The molecule has 1 atom stereocenters. The number of carbonyl (C=O) groups excluding carboxylic acids is 1. The van der Waals surface area contributed by atoms with E-state index >= 15 is 0 Å². The van der Waals surface area contributed by atoms with Gasteiger partial charge < -0.3 is 5.32 Å². The van der Waals surface area contributed by atoms with E-state index < -0.39 is 0 Å². The number of rotatable bonds is 5.